The standard InChI is InChI=1S/C21H30N4O3S/c1-3-15(2)17(14-26)22-19(27)8-9-20(28)24-10-12-25(13-11-24)21-16-6-4-5-7-18(16)29-23-21/h4-7,15,17,26H,3,8-14H2,1-2H3,(H,22,27)/t15-,17-/m1/s1. The fourth-order valence-corrected chi connectivity index (χ4v) is 4.37. The Morgan fingerprint density at radius 2 is 1.93 bits per heavy atom. The molecule has 0 spiro atoms. The van der Waals surface area contributed by atoms with Gasteiger partial charge < -0.3 is 20.2 Å². The van der Waals surface area contributed by atoms with Gasteiger partial charge in [0.25, 0.3) is 0 Å². The molecule has 0 saturated carbocycles. The first-order valence-corrected chi connectivity index (χ1v) is 11.1. The van der Waals surface area contributed by atoms with E-state index in [-0.39, 0.29) is 43.2 Å². The van der Waals surface area contributed by atoms with Gasteiger partial charge in [0, 0.05) is 44.4 Å². The number of carbonyl (C=O) groups is 2. The number of hydrogen-bond donors (Lipinski definition) is 2. The molecule has 1 fully saturated rings. The number of benzene rings is 1. The van der Waals surface area contributed by atoms with Crippen LogP contribution in [0.4, 0.5) is 5.82 Å². The van der Waals surface area contributed by atoms with E-state index in [9.17, 15) is 14.7 Å². The van der Waals surface area contributed by atoms with Crippen molar-refractivity contribution < 1.29 is 14.7 Å². The molecule has 0 bridgehead atoms. The van der Waals surface area contributed by atoms with Gasteiger partial charge in [-0.2, -0.15) is 4.37 Å². The average Bonchev–Trinajstić information content (AvgIpc) is 3.19. The Kier molecular flexibility index (Phi) is 7.44. The Morgan fingerprint density at radius 3 is 2.62 bits per heavy atom. The number of piperazine rings is 1. The van der Waals surface area contributed by atoms with Crippen LogP contribution in [0.15, 0.2) is 24.3 Å². The molecule has 2 N–H and O–H groups in total. The molecule has 1 aromatic carbocycles. The number of aliphatic hydroxyl groups excluding tert-OH is 1. The summed E-state index contributed by atoms with van der Waals surface area (Å²) in [5.41, 5.74) is 0. The van der Waals surface area contributed by atoms with Gasteiger partial charge in [0.15, 0.2) is 0 Å². The normalized spacial score (nSPS) is 16.7. The fraction of sp³-hybridized carbons (Fsp3) is 0.571. The van der Waals surface area contributed by atoms with Crippen molar-refractivity contribution in [2.24, 2.45) is 5.92 Å². The maximum atomic E-state index is 12.5. The van der Waals surface area contributed by atoms with Gasteiger partial charge in [-0.3, -0.25) is 9.59 Å². The number of aromatic nitrogens is 1. The lowest BCUT2D eigenvalue weighted by Crippen LogP contribution is -2.49. The Hall–Kier alpha value is -2.19. The van der Waals surface area contributed by atoms with E-state index in [4.69, 9.17) is 0 Å². The lowest BCUT2D eigenvalue weighted by atomic mass is 10.00. The topological polar surface area (TPSA) is 85.8 Å². The van der Waals surface area contributed by atoms with E-state index in [0.29, 0.717) is 13.1 Å². The fourth-order valence-electron chi connectivity index (χ4n) is 3.58. The third-order valence-electron chi connectivity index (χ3n) is 5.73. The molecule has 1 aromatic heterocycles. The van der Waals surface area contributed by atoms with E-state index >= 15 is 0 Å². The third-order valence-corrected chi connectivity index (χ3v) is 6.55. The lowest BCUT2D eigenvalue weighted by molar-refractivity contribution is -0.134. The molecule has 1 aliphatic rings. The third kappa shape index (κ3) is 5.25. The molecule has 0 aliphatic carbocycles. The maximum absolute atomic E-state index is 12.5. The zero-order valence-corrected chi connectivity index (χ0v) is 18.0. The largest absolute Gasteiger partial charge is 0.394 e. The van der Waals surface area contributed by atoms with Crippen molar-refractivity contribution in [1.82, 2.24) is 14.6 Å². The molecule has 3 rings (SSSR count). The molecule has 7 nitrogen and oxygen atoms in total. The summed E-state index contributed by atoms with van der Waals surface area (Å²) in [6.07, 6.45) is 1.23. The molecule has 1 saturated heterocycles. The van der Waals surface area contributed by atoms with Gasteiger partial charge >= 0.3 is 0 Å². The molecular weight excluding hydrogens is 388 g/mol. The predicted octanol–water partition coefficient (Wildman–Crippen LogP) is 2.25. The smallest absolute Gasteiger partial charge is 0.223 e. The second-order valence-corrected chi connectivity index (χ2v) is 8.42. The minimum Gasteiger partial charge on any atom is -0.394 e. The van der Waals surface area contributed by atoms with Crippen molar-refractivity contribution >= 4 is 39.3 Å². The van der Waals surface area contributed by atoms with Crippen molar-refractivity contribution in [1.29, 1.82) is 0 Å². The van der Waals surface area contributed by atoms with Crippen molar-refractivity contribution in [3.05, 3.63) is 24.3 Å². The molecule has 2 amide bonds. The number of hydrogen-bond acceptors (Lipinski definition) is 6. The minimum absolute atomic E-state index is 0.00650. The van der Waals surface area contributed by atoms with Gasteiger partial charge in [0.05, 0.1) is 17.3 Å². The van der Waals surface area contributed by atoms with Crippen LogP contribution in [0.3, 0.4) is 0 Å². The van der Waals surface area contributed by atoms with Crippen LogP contribution in [0.5, 0.6) is 0 Å². The summed E-state index contributed by atoms with van der Waals surface area (Å²) in [4.78, 5) is 28.7. The molecule has 158 valence electrons. The molecule has 0 unspecified atom stereocenters. The second kappa shape index (κ2) is 10.0. The first-order valence-electron chi connectivity index (χ1n) is 10.3. The van der Waals surface area contributed by atoms with Crippen LogP contribution < -0.4 is 10.2 Å². The number of amides is 2. The van der Waals surface area contributed by atoms with Gasteiger partial charge in [-0.05, 0) is 29.6 Å². The van der Waals surface area contributed by atoms with Gasteiger partial charge in [-0.1, -0.05) is 32.4 Å². The Bertz CT molecular complexity index is 832. The van der Waals surface area contributed by atoms with Crippen LogP contribution in [-0.4, -0.2) is 65.0 Å². The summed E-state index contributed by atoms with van der Waals surface area (Å²) in [5.74, 6) is 1.03. The van der Waals surface area contributed by atoms with E-state index in [1.807, 2.05) is 30.9 Å². The maximum Gasteiger partial charge on any atom is 0.223 e. The van der Waals surface area contributed by atoms with Crippen molar-refractivity contribution in [3.63, 3.8) is 0 Å². The molecule has 29 heavy (non-hydrogen) atoms. The van der Waals surface area contributed by atoms with E-state index in [0.717, 1.165) is 30.7 Å². The number of rotatable bonds is 8. The lowest BCUT2D eigenvalue weighted by Gasteiger charge is -2.35. The first kappa shape index (κ1) is 21.5. The number of aliphatic hydroxyl groups is 1. The number of nitrogens with one attached hydrogen (secondary N) is 1. The summed E-state index contributed by atoms with van der Waals surface area (Å²) < 4.78 is 5.77. The van der Waals surface area contributed by atoms with Crippen molar-refractivity contribution in [3.8, 4) is 0 Å². The highest BCUT2D eigenvalue weighted by atomic mass is 32.1. The Labute approximate surface area is 175 Å². The predicted molar refractivity (Wildman–Crippen MR) is 116 cm³/mol. The highest BCUT2D eigenvalue weighted by Gasteiger charge is 2.24. The van der Waals surface area contributed by atoms with Crippen molar-refractivity contribution in [2.75, 3.05) is 37.7 Å². The minimum atomic E-state index is -0.251. The SMILES string of the molecule is CC[C@@H](C)[C@@H](CO)NC(=O)CCC(=O)N1CCN(c2nsc3ccccc23)CC1. The van der Waals surface area contributed by atoms with E-state index in [1.165, 1.54) is 16.2 Å². The van der Waals surface area contributed by atoms with Crippen LogP contribution in [0.2, 0.25) is 0 Å². The molecule has 2 aromatic rings. The Balaban J connectivity index is 1.46. The molecule has 2 atom stereocenters. The monoisotopic (exact) mass is 418 g/mol. The van der Waals surface area contributed by atoms with Crippen LogP contribution >= 0.6 is 11.5 Å². The zero-order valence-electron chi connectivity index (χ0n) is 17.1. The van der Waals surface area contributed by atoms with Crippen LogP contribution in [0.25, 0.3) is 10.1 Å². The highest BCUT2D eigenvalue weighted by Crippen LogP contribution is 2.29. The molecular formula is C21H30N4O3S. The van der Waals surface area contributed by atoms with Crippen LogP contribution in [-0.2, 0) is 9.59 Å². The number of carbonyl (C=O) groups excluding carboxylic acids is 2. The van der Waals surface area contributed by atoms with Gasteiger partial charge in [-0.15, -0.1) is 0 Å². The molecule has 8 heteroatoms. The summed E-state index contributed by atoms with van der Waals surface area (Å²) in [6.45, 7) is 6.70. The Morgan fingerprint density at radius 1 is 1.21 bits per heavy atom. The summed E-state index contributed by atoms with van der Waals surface area (Å²) >= 11 is 1.50. The van der Waals surface area contributed by atoms with Crippen LogP contribution in [0, 0.1) is 5.92 Å². The second-order valence-electron chi connectivity index (χ2n) is 7.61. The number of nitrogens with zero attached hydrogens (tertiary/aromatic N) is 3. The number of anilines is 1. The molecule has 0 radical (unpaired) electrons. The zero-order chi connectivity index (χ0) is 20.8. The van der Waals surface area contributed by atoms with E-state index < -0.39 is 0 Å². The van der Waals surface area contributed by atoms with Gasteiger partial charge in [0.2, 0.25) is 11.8 Å². The molecule has 1 aliphatic heterocycles. The summed E-state index contributed by atoms with van der Waals surface area (Å²) in [6, 6.07) is 7.95. The summed E-state index contributed by atoms with van der Waals surface area (Å²) in [5, 5.41) is 13.4. The quantitative estimate of drug-likeness (QED) is 0.687. The summed E-state index contributed by atoms with van der Waals surface area (Å²) in [7, 11) is 0. The van der Waals surface area contributed by atoms with Gasteiger partial charge in [0.1, 0.15) is 5.82 Å². The first-order chi connectivity index (χ1) is 14.0. The molecule has 2 heterocycles. The van der Waals surface area contributed by atoms with Crippen molar-refractivity contribution in [2.45, 2.75) is 39.2 Å². The number of fused-ring (bicyclic) bond motifs is 1. The highest BCUT2D eigenvalue weighted by molar-refractivity contribution is 7.13. The van der Waals surface area contributed by atoms with Gasteiger partial charge in [-0.25, -0.2) is 0 Å². The van der Waals surface area contributed by atoms with E-state index in [1.54, 1.807) is 0 Å². The van der Waals surface area contributed by atoms with E-state index in [2.05, 4.69) is 26.7 Å². The average molecular weight is 419 g/mol. The van der Waals surface area contributed by atoms with Crippen LogP contribution in [0.1, 0.15) is 33.1 Å².